The van der Waals surface area contributed by atoms with Crippen molar-refractivity contribution in [1.82, 2.24) is 5.01 Å². The molecule has 0 fully saturated rings. The van der Waals surface area contributed by atoms with Crippen LogP contribution < -0.4 is 9.47 Å². The van der Waals surface area contributed by atoms with Crippen molar-refractivity contribution < 1.29 is 14.3 Å². The van der Waals surface area contributed by atoms with Crippen molar-refractivity contribution in [1.29, 1.82) is 5.41 Å². The number of nitrogens with zero attached hydrogens (tertiary/aromatic N) is 3. The lowest BCUT2D eigenvalue weighted by Gasteiger charge is -2.20. The molecule has 39 heavy (non-hydrogen) atoms. The van der Waals surface area contributed by atoms with Crippen LogP contribution in [0, 0.1) is 12.3 Å². The van der Waals surface area contributed by atoms with Gasteiger partial charge in [-0.3, -0.25) is 10.2 Å². The van der Waals surface area contributed by atoms with Gasteiger partial charge in [0.1, 0.15) is 29.8 Å². The first-order valence-corrected chi connectivity index (χ1v) is 13.5. The van der Waals surface area contributed by atoms with Gasteiger partial charge in [0.25, 0.3) is 5.91 Å². The third-order valence-corrected chi connectivity index (χ3v) is 7.24. The summed E-state index contributed by atoms with van der Waals surface area (Å²) in [6.07, 6.45) is 1.66. The monoisotopic (exact) mass is 538 g/mol. The summed E-state index contributed by atoms with van der Waals surface area (Å²) >= 11 is 1.29. The van der Waals surface area contributed by atoms with Gasteiger partial charge in [-0.05, 0) is 65.6 Å². The fourth-order valence-electron chi connectivity index (χ4n) is 4.00. The Labute approximate surface area is 232 Å². The lowest BCUT2D eigenvalue weighted by Crippen LogP contribution is -2.35. The molecule has 1 amide bonds. The summed E-state index contributed by atoms with van der Waals surface area (Å²) < 4.78 is 11.6. The summed E-state index contributed by atoms with van der Waals surface area (Å²) in [6.45, 7) is 9.39. The van der Waals surface area contributed by atoms with Crippen LogP contribution in [0.5, 0.6) is 11.5 Å². The van der Waals surface area contributed by atoms with E-state index >= 15 is 0 Å². The molecular weight excluding hydrogens is 508 g/mol. The van der Waals surface area contributed by atoms with Crippen LogP contribution >= 0.6 is 11.8 Å². The maximum absolute atomic E-state index is 12.7. The van der Waals surface area contributed by atoms with Crippen molar-refractivity contribution in [3.63, 3.8) is 0 Å². The number of thioether (sulfide) groups is 1. The zero-order valence-electron chi connectivity index (χ0n) is 22.4. The average Bonchev–Trinajstić information content (AvgIpc) is 3.34. The number of benzene rings is 3. The van der Waals surface area contributed by atoms with E-state index in [1.54, 1.807) is 6.08 Å². The van der Waals surface area contributed by atoms with Gasteiger partial charge in [-0.15, -0.1) is 0 Å². The second-order valence-corrected chi connectivity index (χ2v) is 11.3. The van der Waals surface area contributed by atoms with Crippen molar-refractivity contribution in [2.24, 2.45) is 10.1 Å². The molecule has 0 spiro atoms. The minimum atomic E-state index is -0.452. The van der Waals surface area contributed by atoms with Crippen LogP contribution in [0.1, 0.15) is 43.0 Å². The molecule has 0 radical (unpaired) electrons. The van der Waals surface area contributed by atoms with Crippen molar-refractivity contribution in [3.8, 4) is 11.5 Å². The van der Waals surface area contributed by atoms with Crippen LogP contribution in [0.2, 0.25) is 0 Å². The lowest BCUT2D eigenvalue weighted by molar-refractivity contribution is -0.114. The molecule has 0 aliphatic carbocycles. The third kappa shape index (κ3) is 6.12. The number of hydrazone groups is 1. The van der Waals surface area contributed by atoms with Gasteiger partial charge in [-0.2, -0.15) is 15.1 Å². The van der Waals surface area contributed by atoms with Gasteiger partial charge in [-0.1, -0.05) is 74.9 Å². The first-order valence-electron chi connectivity index (χ1n) is 12.7. The standard InChI is InChI=1S/C31H30N4O3S/c1-20-5-9-22(10-6-20)29-34-35-27(32)26(28(36)33-30(35)39-29)19-21-7-13-24(14-8-21)37-17-18-38-25-15-11-23(12-16-25)31(2,3)4/h5-16,19,32H,17-18H2,1-4H3. The molecule has 0 atom stereocenters. The SMILES string of the molecule is Cc1ccc(C2=NN3C(=N)C(=Cc4ccc(OCCOc5ccc(C(C)(C)C)cc5)cc4)C(=O)N=C3S2)cc1. The third-order valence-electron chi connectivity index (χ3n) is 6.29. The minimum Gasteiger partial charge on any atom is -0.490 e. The van der Waals surface area contributed by atoms with Gasteiger partial charge in [0, 0.05) is 5.56 Å². The molecule has 5 rings (SSSR count). The van der Waals surface area contributed by atoms with Crippen molar-refractivity contribution >= 4 is 39.8 Å². The van der Waals surface area contributed by atoms with E-state index in [0.717, 1.165) is 22.4 Å². The Morgan fingerprint density at radius 3 is 2.08 bits per heavy atom. The number of carbonyl (C=O) groups excluding carboxylic acids is 1. The van der Waals surface area contributed by atoms with Crippen LogP contribution in [0.15, 0.2) is 88.5 Å². The van der Waals surface area contributed by atoms with E-state index < -0.39 is 5.91 Å². The molecule has 0 saturated carbocycles. The van der Waals surface area contributed by atoms with E-state index in [0.29, 0.717) is 29.2 Å². The molecule has 3 aromatic carbocycles. The smallest absolute Gasteiger partial charge is 0.283 e. The molecule has 1 N–H and O–H groups in total. The predicted molar refractivity (Wildman–Crippen MR) is 158 cm³/mol. The van der Waals surface area contributed by atoms with Crippen LogP contribution in [-0.4, -0.2) is 40.2 Å². The quantitative estimate of drug-likeness (QED) is 0.277. The number of rotatable bonds is 7. The molecule has 2 aliphatic rings. The highest BCUT2D eigenvalue weighted by Gasteiger charge is 2.36. The number of ether oxygens (including phenoxy) is 2. The summed E-state index contributed by atoms with van der Waals surface area (Å²) in [5.74, 6) is 1.06. The molecule has 0 aromatic heterocycles. The fraction of sp³-hybridized carbons (Fsp3) is 0.226. The number of nitrogens with one attached hydrogen (secondary N) is 1. The van der Waals surface area contributed by atoms with E-state index in [9.17, 15) is 4.79 Å². The maximum atomic E-state index is 12.7. The van der Waals surface area contributed by atoms with E-state index in [1.165, 1.54) is 22.3 Å². The highest BCUT2D eigenvalue weighted by atomic mass is 32.2. The van der Waals surface area contributed by atoms with Gasteiger partial charge in [0.15, 0.2) is 5.84 Å². The number of hydrogen-bond acceptors (Lipinski definition) is 6. The summed E-state index contributed by atoms with van der Waals surface area (Å²) in [5.41, 5.74) is 4.39. The normalized spacial score (nSPS) is 16.2. The predicted octanol–water partition coefficient (Wildman–Crippen LogP) is 6.42. The molecule has 7 nitrogen and oxygen atoms in total. The Morgan fingerprint density at radius 2 is 1.49 bits per heavy atom. The zero-order chi connectivity index (χ0) is 27.6. The highest BCUT2D eigenvalue weighted by molar-refractivity contribution is 8.27. The molecule has 0 saturated heterocycles. The second kappa shape index (κ2) is 10.9. The Balaban J connectivity index is 1.18. The van der Waals surface area contributed by atoms with Gasteiger partial charge in [0.2, 0.25) is 5.17 Å². The zero-order valence-corrected chi connectivity index (χ0v) is 23.2. The number of hydrogen-bond donors (Lipinski definition) is 1. The Hall–Kier alpha value is -4.17. The number of amidine groups is 2. The Morgan fingerprint density at radius 1 is 0.897 bits per heavy atom. The number of aryl methyl sites for hydroxylation is 1. The topological polar surface area (TPSA) is 87.3 Å². The number of aliphatic imine (C=N–C) groups is 1. The van der Waals surface area contributed by atoms with E-state index in [4.69, 9.17) is 14.9 Å². The molecule has 2 aliphatic heterocycles. The van der Waals surface area contributed by atoms with Crippen molar-refractivity contribution in [2.75, 3.05) is 13.2 Å². The summed E-state index contributed by atoms with van der Waals surface area (Å²) in [5, 5.41) is 15.7. The molecule has 0 unspecified atom stereocenters. The molecule has 0 bridgehead atoms. The van der Waals surface area contributed by atoms with Gasteiger partial charge < -0.3 is 9.47 Å². The number of amides is 1. The van der Waals surface area contributed by atoms with E-state index in [2.05, 4.69) is 43.0 Å². The van der Waals surface area contributed by atoms with E-state index in [1.807, 2.05) is 67.6 Å². The van der Waals surface area contributed by atoms with Crippen molar-refractivity contribution in [2.45, 2.75) is 33.1 Å². The molecular formula is C31H30N4O3S. The van der Waals surface area contributed by atoms with Crippen LogP contribution in [0.25, 0.3) is 6.08 Å². The molecule has 8 heteroatoms. The minimum absolute atomic E-state index is 0.00706. The second-order valence-electron chi connectivity index (χ2n) is 10.3. The van der Waals surface area contributed by atoms with Crippen LogP contribution in [0.4, 0.5) is 0 Å². The summed E-state index contributed by atoms with van der Waals surface area (Å²) in [7, 11) is 0. The molecule has 2 heterocycles. The number of carbonyl (C=O) groups is 1. The lowest BCUT2D eigenvalue weighted by atomic mass is 9.87. The highest BCUT2D eigenvalue weighted by Crippen LogP contribution is 2.31. The summed E-state index contributed by atoms with van der Waals surface area (Å²) in [6, 6.07) is 23.4. The molecule has 3 aromatic rings. The van der Waals surface area contributed by atoms with Crippen molar-refractivity contribution in [3.05, 3.63) is 101 Å². The van der Waals surface area contributed by atoms with Gasteiger partial charge >= 0.3 is 0 Å². The van der Waals surface area contributed by atoms with Gasteiger partial charge in [-0.25, -0.2) is 0 Å². The maximum Gasteiger partial charge on any atom is 0.283 e. The first kappa shape index (κ1) is 26.4. The van der Waals surface area contributed by atoms with Crippen LogP contribution in [0.3, 0.4) is 0 Å². The fourth-order valence-corrected chi connectivity index (χ4v) is 4.90. The van der Waals surface area contributed by atoms with E-state index in [-0.39, 0.29) is 16.8 Å². The van der Waals surface area contributed by atoms with Crippen LogP contribution in [-0.2, 0) is 10.2 Å². The average molecular weight is 539 g/mol. The molecule has 198 valence electrons. The number of fused-ring (bicyclic) bond motifs is 1. The largest absolute Gasteiger partial charge is 0.490 e. The summed E-state index contributed by atoms with van der Waals surface area (Å²) in [4.78, 5) is 16.9. The Bertz CT molecular complexity index is 1480. The van der Waals surface area contributed by atoms with Gasteiger partial charge in [0.05, 0.1) is 5.57 Å². The Kier molecular flexibility index (Phi) is 7.39. The first-order chi connectivity index (χ1) is 18.7.